The Morgan fingerprint density at radius 1 is 1.62 bits per heavy atom. The van der Waals surface area contributed by atoms with Gasteiger partial charge in [-0.1, -0.05) is 0 Å². The van der Waals surface area contributed by atoms with Crippen LogP contribution >= 0.6 is 0 Å². The van der Waals surface area contributed by atoms with Gasteiger partial charge in [0, 0.05) is 12.4 Å². The van der Waals surface area contributed by atoms with E-state index in [0.29, 0.717) is 0 Å². The van der Waals surface area contributed by atoms with Crippen LogP contribution in [-0.2, 0) is 11.2 Å². The second-order valence-corrected chi connectivity index (χ2v) is 3.36. The number of hydrogen-bond acceptors (Lipinski definition) is 2. The van der Waals surface area contributed by atoms with Gasteiger partial charge in [-0.3, -0.25) is 9.78 Å². The Labute approximate surface area is 76.4 Å². The third kappa shape index (κ3) is 1.41. The molecule has 0 bridgehead atoms. The van der Waals surface area contributed by atoms with E-state index in [4.69, 9.17) is 5.11 Å². The highest BCUT2D eigenvalue weighted by molar-refractivity contribution is 5.76. The van der Waals surface area contributed by atoms with Crippen LogP contribution in [0.1, 0.15) is 29.9 Å². The lowest BCUT2D eigenvalue weighted by Crippen LogP contribution is -2.17. The molecular weight excluding hydrogens is 166 g/mol. The van der Waals surface area contributed by atoms with Crippen LogP contribution in [0.15, 0.2) is 18.5 Å². The van der Waals surface area contributed by atoms with Gasteiger partial charge < -0.3 is 5.11 Å². The fourth-order valence-corrected chi connectivity index (χ4v) is 1.90. The van der Waals surface area contributed by atoms with Crippen molar-refractivity contribution >= 4 is 5.97 Å². The Morgan fingerprint density at radius 2 is 2.46 bits per heavy atom. The summed E-state index contributed by atoms with van der Waals surface area (Å²) in [7, 11) is 0. The lowest BCUT2D eigenvalue weighted by Gasteiger charge is -2.21. The first kappa shape index (κ1) is 8.23. The fraction of sp³-hybridized carbons (Fsp3) is 0.400. The molecule has 1 aromatic heterocycles. The molecule has 0 aromatic carbocycles. The van der Waals surface area contributed by atoms with Crippen molar-refractivity contribution in [1.82, 2.24) is 4.98 Å². The monoisotopic (exact) mass is 177 g/mol. The second-order valence-electron chi connectivity index (χ2n) is 3.36. The molecule has 68 valence electrons. The summed E-state index contributed by atoms with van der Waals surface area (Å²) in [5.74, 6) is -1.03. The Kier molecular flexibility index (Phi) is 2.00. The highest BCUT2D eigenvalue weighted by Gasteiger charge is 2.25. The van der Waals surface area contributed by atoms with E-state index in [1.54, 1.807) is 12.4 Å². The van der Waals surface area contributed by atoms with Crippen molar-refractivity contribution in [2.24, 2.45) is 0 Å². The van der Waals surface area contributed by atoms with Crippen LogP contribution in [0.5, 0.6) is 0 Å². The van der Waals surface area contributed by atoms with E-state index in [-0.39, 0.29) is 5.92 Å². The van der Waals surface area contributed by atoms with Crippen molar-refractivity contribution < 1.29 is 9.90 Å². The molecule has 3 heteroatoms. The average molecular weight is 177 g/mol. The van der Waals surface area contributed by atoms with Gasteiger partial charge in [-0.25, -0.2) is 0 Å². The largest absolute Gasteiger partial charge is 0.481 e. The summed E-state index contributed by atoms with van der Waals surface area (Å²) < 4.78 is 0. The first-order chi connectivity index (χ1) is 6.29. The molecule has 0 aliphatic heterocycles. The summed E-state index contributed by atoms with van der Waals surface area (Å²) in [6.45, 7) is 0. The molecule has 0 spiro atoms. The Hall–Kier alpha value is -1.38. The third-order valence-corrected chi connectivity index (χ3v) is 2.55. The topological polar surface area (TPSA) is 50.2 Å². The van der Waals surface area contributed by atoms with Gasteiger partial charge in [0.15, 0.2) is 0 Å². The molecule has 0 saturated heterocycles. The van der Waals surface area contributed by atoms with Gasteiger partial charge in [0.2, 0.25) is 0 Å². The van der Waals surface area contributed by atoms with Gasteiger partial charge in [-0.15, -0.1) is 0 Å². The van der Waals surface area contributed by atoms with E-state index in [1.807, 2.05) is 6.07 Å². The predicted molar refractivity (Wildman–Crippen MR) is 47.6 cm³/mol. The number of carboxylic acid groups (broad SMARTS) is 1. The summed E-state index contributed by atoms with van der Waals surface area (Å²) in [5.41, 5.74) is 2.05. The van der Waals surface area contributed by atoms with Crippen LogP contribution < -0.4 is 0 Å². The number of nitrogens with zero attached hydrogens (tertiary/aromatic N) is 1. The maximum atomic E-state index is 10.9. The summed E-state index contributed by atoms with van der Waals surface area (Å²) in [6, 6.07) is 1.83. The van der Waals surface area contributed by atoms with Crippen molar-refractivity contribution in [3.05, 3.63) is 29.6 Å². The molecule has 0 fully saturated rings. The maximum absolute atomic E-state index is 10.9. The van der Waals surface area contributed by atoms with Gasteiger partial charge >= 0.3 is 5.97 Å². The van der Waals surface area contributed by atoms with E-state index in [9.17, 15) is 4.79 Å². The summed E-state index contributed by atoms with van der Waals surface area (Å²) in [5, 5.41) is 8.96. The molecule has 1 atom stereocenters. The van der Waals surface area contributed by atoms with Crippen LogP contribution in [0.4, 0.5) is 0 Å². The van der Waals surface area contributed by atoms with Gasteiger partial charge in [-0.2, -0.15) is 0 Å². The fourth-order valence-electron chi connectivity index (χ4n) is 1.90. The van der Waals surface area contributed by atoms with Crippen molar-refractivity contribution in [3.8, 4) is 0 Å². The molecule has 1 aliphatic rings. The summed E-state index contributed by atoms with van der Waals surface area (Å²) in [6.07, 6.45) is 6.12. The van der Waals surface area contributed by atoms with Gasteiger partial charge in [-0.05, 0) is 36.5 Å². The van der Waals surface area contributed by atoms with E-state index >= 15 is 0 Å². The predicted octanol–water partition coefficient (Wildman–Crippen LogP) is 1.59. The van der Waals surface area contributed by atoms with E-state index in [0.717, 1.165) is 30.4 Å². The molecule has 1 aliphatic carbocycles. The quantitative estimate of drug-likeness (QED) is 0.708. The Morgan fingerprint density at radius 3 is 3.23 bits per heavy atom. The molecule has 0 radical (unpaired) electrons. The van der Waals surface area contributed by atoms with Crippen LogP contribution in [0, 0.1) is 0 Å². The maximum Gasteiger partial charge on any atom is 0.310 e. The third-order valence-electron chi connectivity index (χ3n) is 2.55. The molecule has 0 amide bonds. The molecule has 1 N–H and O–H groups in total. The summed E-state index contributed by atoms with van der Waals surface area (Å²) >= 11 is 0. The van der Waals surface area contributed by atoms with E-state index in [1.165, 1.54) is 0 Å². The number of carbonyl (C=O) groups is 1. The number of rotatable bonds is 1. The average Bonchev–Trinajstić information content (AvgIpc) is 2.17. The number of pyridine rings is 1. The highest BCUT2D eigenvalue weighted by Crippen LogP contribution is 2.30. The van der Waals surface area contributed by atoms with Crippen molar-refractivity contribution in [3.63, 3.8) is 0 Å². The molecular formula is C10H11NO2. The molecule has 13 heavy (non-hydrogen) atoms. The summed E-state index contributed by atoms with van der Waals surface area (Å²) in [4.78, 5) is 14.9. The normalized spacial score (nSPS) is 20.8. The van der Waals surface area contributed by atoms with Crippen molar-refractivity contribution in [1.29, 1.82) is 0 Å². The van der Waals surface area contributed by atoms with Crippen molar-refractivity contribution in [2.45, 2.75) is 25.2 Å². The van der Waals surface area contributed by atoms with E-state index in [2.05, 4.69) is 4.98 Å². The van der Waals surface area contributed by atoms with Crippen molar-refractivity contribution in [2.75, 3.05) is 0 Å². The van der Waals surface area contributed by atoms with Gasteiger partial charge in [0.25, 0.3) is 0 Å². The first-order valence-corrected chi connectivity index (χ1v) is 4.44. The molecule has 2 rings (SSSR count). The number of aryl methyl sites for hydroxylation is 1. The molecule has 1 aromatic rings. The molecule has 1 heterocycles. The zero-order valence-electron chi connectivity index (χ0n) is 7.23. The minimum absolute atomic E-state index is 0.313. The number of aliphatic carboxylic acids is 1. The van der Waals surface area contributed by atoms with Gasteiger partial charge in [0.1, 0.15) is 0 Å². The lowest BCUT2D eigenvalue weighted by molar-refractivity contribution is -0.139. The van der Waals surface area contributed by atoms with Crippen LogP contribution in [0.2, 0.25) is 0 Å². The molecule has 3 nitrogen and oxygen atoms in total. The highest BCUT2D eigenvalue weighted by atomic mass is 16.4. The van der Waals surface area contributed by atoms with Crippen LogP contribution in [0.3, 0.4) is 0 Å². The number of fused-ring (bicyclic) bond motifs is 1. The lowest BCUT2D eigenvalue weighted by atomic mass is 9.84. The Bertz CT molecular complexity index is 335. The number of carboxylic acids is 1. The minimum atomic E-state index is -0.716. The zero-order valence-corrected chi connectivity index (χ0v) is 7.23. The smallest absolute Gasteiger partial charge is 0.310 e. The Balaban J connectivity index is 2.42. The van der Waals surface area contributed by atoms with Crippen LogP contribution in [0.25, 0.3) is 0 Å². The zero-order chi connectivity index (χ0) is 9.26. The number of aromatic nitrogens is 1. The second kappa shape index (κ2) is 3.17. The molecule has 1 unspecified atom stereocenters. The molecule has 0 saturated carbocycles. The minimum Gasteiger partial charge on any atom is -0.481 e. The SMILES string of the molecule is O=C(O)C1CCCc2cnccc21. The van der Waals surface area contributed by atoms with Gasteiger partial charge in [0.05, 0.1) is 5.92 Å². The standard InChI is InChI=1S/C10H11NO2/c12-10(13)9-3-1-2-7-6-11-5-4-8(7)9/h4-6,9H,1-3H2,(H,12,13). The van der Waals surface area contributed by atoms with Crippen LogP contribution in [-0.4, -0.2) is 16.1 Å². The van der Waals surface area contributed by atoms with E-state index < -0.39 is 5.97 Å². The first-order valence-electron chi connectivity index (χ1n) is 4.44. The number of hydrogen-bond donors (Lipinski definition) is 1.